The van der Waals surface area contributed by atoms with E-state index in [4.69, 9.17) is 9.47 Å². The molecule has 0 fully saturated rings. The van der Waals surface area contributed by atoms with Gasteiger partial charge in [-0.15, -0.1) is 0 Å². The number of rotatable bonds is 28. The van der Waals surface area contributed by atoms with Gasteiger partial charge in [0.2, 0.25) is 23.6 Å². The molecule has 380 valence electrons. The lowest BCUT2D eigenvalue weighted by Gasteiger charge is -2.30. The standard InChI is InChI=1S/C53H74N8O9/c1-10-12-25-54-46(63)31-45(62)43(28-32(3)4)60-53(68)47(33(5)11-2)61-52(67)38-19-23-41(24-20-38)70-40-21-17-37(18-22-40)51(66)59-36(8)50(65)58-35(7)49(64)56-27-13-15-34(6)57-44-30-42(69-9)29-39-16-14-26-55-48(39)44/h14,16-24,26,29-30,32-36,43,45,47,57,62H,10-13,15,25,27-28,31H2,1-9H3,(H,54,63)(H,56,64)(H,58,65)(H,59,66)(H,60,68)(H,61,67)/t33?,34?,35-,36-,43-,45-,47-/m0/s1. The Morgan fingerprint density at radius 3 is 1.90 bits per heavy atom. The van der Waals surface area contributed by atoms with Crippen molar-refractivity contribution in [1.82, 2.24) is 36.9 Å². The first-order chi connectivity index (χ1) is 33.4. The number of amides is 6. The van der Waals surface area contributed by atoms with Crippen LogP contribution in [0.5, 0.6) is 17.2 Å². The molecule has 4 rings (SSSR count). The van der Waals surface area contributed by atoms with Crippen LogP contribution in [0, 0.1) is 11.8 Å². The third-order valence-electron chi connectivity index (χ3n) is 11.9. The minimum atomic E-state index is -1.10. The van der Waals surface area contributed by atoms with Crippen LogP contribution in [0.3, 0.4) is 0 Å². The van der Waals surface area contributed by atoms with Gasteiger partial charge in [0.15, 0.2) is 0 Å². The van der Waals surface area contributed by atoms with Crippen LogP contribution in [-0.2, 0) is 19.2 Å². The number of aromatic nitrogens is 1. The lowest BCUT2D eigenvalue weighted by Crippen LogP contribution is -2.55. The summed E-state index contributed by atoms with van der Waals surface area (Å²) >= 11 is 0. The summed E-state index contributed by atoms with van der Waals surface area (Å²) in [5.41, 5.74) is 2.29. The first-order valence-electron chi connectivity index (χ1n) is 24.4. The summed E-state index contributed by atoms with van der Waals surface area (Å²) in [5.74, 6) is -1.11. The van der Waals surface area contributed by atoms with Gasteiger partial charge in [-0.25, -0.2) is 0 Å². The van der Waals surface area contributed by atoms with Crippen molar-refractivity contribution in [2.75, 3.05) is 25.5 Å². The molecule has 1 aromatic heterocycles. The Balaban J connectivity index is 1.21. The normalized spacial score (nSPS) is 14.2. The molecule has 0 saturated carbocycles. The van der Waals surface area contributed by atoms with Gasteiger partial charge in [-0.05, 0) is 119 Å². The topological polar surface area (TPSA) is 238 Å². The molecule has 0 radical (unpaired) electrons. The molecular weight excluding hydrogens is 893 g/mol. The molecule has 17 nitrogen and oxygen atoms in total. The average molecular weight is 967 g/mol. The molecule has 0 aliphatic carbocycles. The van der Waals surface area contributed by atoms with Crippen LogP contribution in [0.1, 0.15) is 121 Å². The second-order valence-corrected chi connectivity index (χ2v) is 18.4. The predicted molar refractivity (Wildman–Crippen MR) is 272 cm³/mol. The first kappa shape index (κ1) is 55.8. The van der Waals surface area contributed by atoms with E-state index in [-0.39, 0.29) is 41.7 Å². The third-order valence-corrected chi connectivity index (χ3v) is 11.9. The van der Waals surface area contributed by atoms with Gasteiger partial charge in [0, 0.05) is 47.9 Å². The number of hydrogen-bond acceptors (Lipinski definition) is 11. The number of carbonyl (C=O) groups excluding carboxylic acids is 6. The maximum Gasteiger partial charge on any atom is 0.251 e. The molecular formula is C53H74N8O9. The van der Waals surface area contributed by atoms with Gasteiger partial charge in [0.25, 0.3) is 11.8 Å². The van der Waals surface area contributed by atoms with Crippen molar-refractivity contribution in [3.63, 3.8) is 0 Å². The Morgan fingerprint density at radius 1 is 0.686 bits per heavy atom. The quantitative estimate of drug-likeness (QED) is 0.0290. The van der Waals surface area contributed by atoms with Crippen LogP contribution in [0.15, 0.2) is 79.0 Å². The molecule has 1 heterocycles. The number of aliphatic hydroxyl groups is 1. The van der Waals surface area contributed by atoms with Crippen molar-refractivity contribution in [1.29, 1.82) is 0 Å². The number of fused-ring (bicyclic) bond motifs is 1. The summed E-state index contributed by atoms with van der Waals surface area (Å²) < 4.78 is 11.4. The van der Waals surface area contributed by atoms with Crippen LogP contribution in [0.25, 0.3) is 10.9 Å². The zero-order chi connectivity index (χ0) is 51.3. The number of nitrogens with one attached hydrogen (secondary N) is 7. The molecule has 8 N–H and O–H groups in total. The van der Waals surface area contributed by atoms with Crippen LogP contribution in [0.2, 0.25) is 0 Å². The maximum atomic E-state index is 13.7. The second kappa shape index (κ2) is 28.0. The number of anilines is 1. The molecule has 0 saturated heterocycles. The Morgan fingerprint density at radius 2 is 1.30 bits per heavy atom. The van der Waals surface area contributed by atoms with Crippen LogP contribution in [0.4, 0.5) is 5.69 Å². The van der Waals surface area contributed by atoms with E-state index < -0.39 is 53.9 Å². The highest BCUT2D eigenvalue weighted by Gasteiger charge is 2.31. The molecule has 3 aromatic carbocycles. The number of unbranched alkanes of at least 4 members (excludes halogenated alkanes) is 1. The minimum Gasteiger partial charge on any atom is -0.497 e. The number of hydrogen-bond donors (Lipinski definition) is 8. The summed E-state index contributed by atoms with van der Waals surface area (Å²) in [6.45, 7) is 15.8. The minimum absolute atomic E-state index is 0.0819. The van der Waals surface area contributed by atoms with E-state index in [1.807, 2.05) is 58.9 Å². The molecule has 4 aromatic rings. The van der Waals surface area contributed by atoms with Crippen molar-refractivity contribution in [3.05, 3.63) is 90.1 Å². The molecule has 6 amide bonds. The number of carbonyl (C=O) groups is 6. The van der Waals surface area contributed by atoms with Crippen molar-refractivity contribution >= 4 is 52.0 Å². The lowest BCUT2D eigenvalue weighted by atomic mass is 9.94. The first-order valence-corrected chi connectivity index (χ1v) is 24.4. The van der Waals surface area contributed by atoms with Crippen molar-refractivity contribution in [2.45, 2.75) is 137 Å². The highest BCUT2D eigenvalue weighted by Crippen LogP contribution is 2.29. The highest BCUT2D eigenvalue weighted by molar-refractivity contribution is 5.99. The van der Waals surface area contributed by atoms with E-state index in [0.717, 1.165) is 41.6 Å². The van der Waals surface area contributed by atoms with E-state index in [0.29, 0.717) is 49.4 Å². The number of benzene rings is 3. The van der Waals surface area contributed by atoms with Gasteiger partial charge in [0.1, 0.15) is 35.4 Å². The lowest BCUT2D eigenvalue weighted by molar-refractivity contribution is -0.129. The fourth-order valence-electron chi connectivity index (χ4n) is 7.57. The van der Waals surface area contributed by atoms with Crippen LogP contribution >= 0.6 is 0 Å². The Kier molecular flexibility index (Phi) is 22.4. The predicted octanol–water partition coefficient (Wildman–Crippen LogP) is 6.40. The SMILES string of the molecule is CCCCNC(=O)C[C@H](O)[C@H](CC(C)C)NC(=O)[C@@H](NC(=O)c1ccc(Oc2ccc(C(=O)N[C@@H](C)C(=O)N[C@@H](C)C(=O)NCCCC(C)Nc3cc(OC)cc4cccnc34)cc2)cc1)C(C)CC. The molecule has 17 heteroatoms. The smallest absolute Gasteiger partial charge is 0.251 e. The van der Waals surface area contributed by atoms with E-state index >= 15 is 0 Å². The van der Waals surface area contributed by atoms with Crippen molar-refractivity contribution < 1.29 is 43.3 Å². The number of ether oxygens (including phenoxy) is 2. The summed E-state index contributed by atoms with van der Waals surface area (Å²) in [6.07, 6.45) is 4.75. The largest absolute Gasteiger partial charge is 0.497 e. The van der Waals surface area contributed by atoms with Gasteiger partial charge >= 0.3 is 0 Å². The van der Waals surface area contributed by atoms with Gasteiger partial charge in [-0.1, -0.05) is 53.5 Å². The van der Waals surface area contributed by atoms with Crippen molar-refractivity contribution in [3.8, 4) is 17.2 Å². The van der Waals surface area contributed by atoms with E-state index in [1.165, 1.54) is 6.92 Å². The van der Waals surface area contributed by atoms with Gasteiger partial charge < -0.3 is 51.8 Å². The summed E-state index contributed by atoms with van der Waals surface area (Å²) in [6, 6.07) is 17.1. The van der Waals surface area contributed by atoms with Crippen LogP contribution in [-0.4, -0.2) is 102 Å². The van der Waals surface area contributed by atoms with Crippen LogP contribution < -0.4 is 46.7 Å². The third kappa shape index (κ3) is 17.6. The van der Waals surface area contributed by atoms with E-state index in [2.05, 4.69) is 49.1 Å². The second-order valence-electron chi connectivity index (χ2n) is 18.4. The zero-order valence-electron chi connectivity index (χ0n) is 42.1. The molecule has 70 heavy (non-hydrogen) atoms. The van der Waals surface area contributed by atoms with Gasteiger partial charge in [-0.2, -0.15) is 0 Å². The summed E-state index contributed by atoms with van der Waals surface area (Å²) in [5, 5.41) is 32.2. The van der Waals surface area contributed by atoms with E-state index in [1.54, 1.807) is 68.8 Å². The fraction of sp³-hybridized carbons (Fsp3) is 0.491. The van der Waals surface area contributed by atoms with Gasteiger partial charge in [0.05, 0.1) is 36.9 Å². The number of methoxy groups -OCH3 is 1. The maximum absolute atomic E-state index is 13.7. The Hall–Kier alpha value is -6.75. The molecule has 0 aliphatic rings. The van der Waals surface area contributed by atoms with Gasteiger partial charge in [-0.3, -0.25) is 33.8 Å². The van der Waals surface area contributed by atoms with Crippen molar-refractivity contribution in [2.24, 2.45) is 11.8 Å². The number of pyridine rings is 1. The Labute approximate surface area is 412 Å². The summed E-state index contributed by atoms with van der Waals surface area (Å²) in [4.78, 5) is 82.9. The average Bonchev–Trinajstić information content (AvgIpc) is 3.34. The fourth-order valence-corrected chi connectivity index (χ4v) is 7.57. The molecule has 2 unspecified atom stereocenters. The zero-order valence-corrected chi connectivity index (χ0v) is 42.1. The van der Waals surface area contributed by atoms with E-state index in [9.17, 15) is 33.9 Å². The molecule has 0 aliphatic heterocycles. The number of nitrogens with zero attached hydrogens (tertiary/aromatic N) is 1. The molecule has 7 atom stereocenters. The number of aliphatic hydroxyl groups excluding tert-OH is 1. The molecule has 0 spiro atoms. The monoisotopic (exact) mass is 967 g/mol. The molecule has 0 bridgehead atoms. The Bertz CT molecular complexity index is 2340. The highest BCUT2D eigenvalue weighted by atomic mass is 16.5. The summed E-state index contributed by atoms with van der Waals surface area (Å²) in [7, 11) is 1.62.